The largest absolute Gasteiger partial charge is 0.492 e. The lowest BCUT2D eigenvalue weighted by molar-refractivity contribution is 0.168. The minimum absolute atomic E-state index is 0.261. The monoisotopic (exact) mass is 258 g/mol. The van der Waals surface area contributed by atoms with E-state index in [1.54, 1.807) is 0 Å². The van der Waals surface area contributed by atoms with Gasteiger partial charge in [-0.15, -0.1) is 0 Å². The van der Waals surface area contributed by atoms with Crippen LogP contribution < -0.4 is 4.74 Å². The van der Waals surface area contributed by atoms with Crippen molar-refractivity contribution in [2.75, 3.05) is 26.2 Å². The molecular weight excluding hydrogens is 236 g/mol. The fourth-order valence-corrected chi connectivity index (χ4v) is 2.53. The maximum Gasteiger partial charge on any atom is 0.122 e. The van der Waals surface area contributed by atoms with Gasteiger partial charge in [-0.1, -0.05) is 17.7 Å². The third kappa shape index (κ3) is 3.97. The lowest BCUT2D eigenvalue weighted by atomic mass is 9.99. The molecule has 1 saturated heterocycles. The Morgan fingerprint density at radius 1 is 1.32 bits per heavy atom. The minimum atomic E-state index is 0.261. The molecule has 0 bridgehead atoms. The Morgan fingerprint density at radius 3 is 2.68 bits per heavy atom. The zero-order valence-corrected chi connectivity index (χ0v) is 11.9. The lowest BCUT2D eigenvalue weighted by Crippen LogP contribution is -2.36. The van der Waals surface area contributed by atoms with Crippen LogP contribution in [0.3, 0.4) is 0 Å². The van der Waals surface area contributed by atoms with Crippen LogP contribution in [0.25, 0.3) is 0 Å². The molecule has 0 radical (unpaired) electrons. The number of likely N-dealkylation sites (tertiary alicyclic amines) is 1. The van der Waals surface area contributed by atoms with Crippen LogP contribution in [0.5, 0.6) is 5.75 Å². The van der Waals surface area contributed by atoms with Gasteiger partial charge >= 0.3 is 0 Å². The van der Waals surface area contributed by atoms with Crippen molar-refractivity contribution in [1.29, 1.82) is 5.26 Å². The topological polar surface area (TPSA) is 36.3 Å². The van der Waals surface area contributed by atoms with Crippen molar-refractivity contribution in [2.24, 2.45) is 5.92 Å². The number of hydrogen-bond acceptors (Lipinski definition) is 3. The van der Waals surface area contributed by atoms with Crippen LogP contribution in [0.15, 0.2) is 18.2 Å². The third-order valence-electron chi connectivity index (χ3n) is 3.77. The van der Waals surface area contributed by atoms with Crippen molar-refractivity contribution in [3.8, 4) is 11.8 Å². The Morgan fingerprint density at radius 2 is 2.05 bits per heavy atom. The molecule has 19 heavy (non-hydrogen) atoms. The number of benzene rings is 1. The summed E-state index contributed by atoms with van der Waals surface area (Å²) in [5.41, 5.74) is 2.46. The van der Waals surface area contributed by atoms with E-state index in [0.717, 1.165) is 44.8 Å². The quantitative estimate of drug-likeness (QED) is 0.833. The molecule has 0 aliphatic carbocycles. The highest BCUT2D eigenvalue weighted by atomic mass is 16.5. The van der Waals surface area contributed by atoms with E-state index < -0.39 is 0 Å². The van der Waals surface area contributed by atoms with Crippen LogP contribution in [0.1, 0.15) is 24.0 Å². The van der Waals surface area contributed by atoms with E-state index in [0.29, 0.717) is 0 Å². The van der Waals surface area contributed by atoms with E-state index in [4.69, 9.17) is 10.00 Å². The Kier molecular flexibility index (Phi) is 4.81. The van der Waals surface area contributed by atoms with Crippen LogP contribution in [0.2, 0.25) is 0 Å². The van der Waals surface area contributed by atoms with E-state index in [-0.39, 0.29) is 5.92 Å². The summed E-state index contributed by atoms with van der Waals surface area (Å²) in [4.78, 5) is 2.39. The number of rotatable bonds is 4. The van der Waals surface area contributed by atoms with Gasteiger partial charge in [-0.05, 0) is 51.4 Å². The molecule has 0 saturated carbocycles. The highest BCUT2D eigenvalue weighted by Gasteiger charge is 2.18. The van der Waals surface area contributed by atoms with Gasteiger partial charge in [0.15, 0.2) is 0 Å². The first-order valence-corrected chi connectivity index (χ1v) is 7.01. The molecule has 1 aliphatic heterocycles. The van der Waals surface area contributed by atoms with E-state index in [9.17, 15) is 0 Å². The summed E-state index contributed by atoms with van der Waals surface area (Å²) in [7, 11) is 0. The van der Waals surface area contributed by atoms with Gasteiger partial charge in [-0.25, -0.2) is 0 Å². The summed E-state index contributed by atoms with van der Waals surface area (Å²) in [5, 5.41) is 8.86. The molecule has 0 unspecified atom stereocenters. The van der Waals surface area contributed by atoms with Gasteiger partial charge in [0.25, 0.3) is 0 Å². The van der Waals surface area contributed by atoms with Crippen LogP contribution in [0.4, 0.5) is 0 Å². The first-order chi connectivity index (χ1) is 9.19. The van der Waals surface area contributed by atoms with Gasteiger partial charge < -0.3 is 4.74 Å². The second-order valence-corrected chi connectivity index (χ2v) is 5.36. The van der Waals surface area contributed by atoms with Crippen molar-refractivity contribution in [3.05, 3.63) is 29.3 Å². The van der Waals surface area contributed by atoms with Gasteiger partial charge in [0.1, 0.15) is 12.4 Å². The first-order valence-electron chi connectivity index (χ1n) is 7.01. The maximum absolute atomic E-state index is 8.86. The molecule has 102 valence electrons. The molecular formula is C16H22N2O. The number of ether oxygens (including phenoxy) is 1. The number of aryl methyl sites for hydroxylation is 2. The molecule has 0 atom stereocenters. The van der Waals surface area contributed by atoms with Crippen LogP contribution >= 0.6 is 0 Å². The van der Waals surface area contributed by atoms with Gasteiger partial charge in [0.05, 0.1) is 6.07 Å². The third-order valence-corrected chi connectivity index (χ3v) is 3.77. The lowest BCUT2D eigenvalue weighted by Gasteiger charge is -2.28. The van der Waals surface area contributed by atoms with Gasteiger partial charge in [-0.2, -0.15) is 5.26 Å². The molecule has 3 nitrogen and oxygen atoms in total. The zero-order valence-electron chi connectivity index (χ0n) is 11.9. The van der Waals surface area contributed by atoms with Crippen molar-refractivity contribution < 1.29 is 4.74 Å². The Hall–Kier alpha value is -1.53. The molecule has 1 aromatic rings. The normalized spacial score (nSPS) is 17.1. The average molecular weight is 258 g/mol. The summed E-state index contributed by atoms with van der Waals surface area (Å²) >= 11 is 0. The molecule has 1 aliphatic rings. The van der Waals surface area contributed by atoms with Crippen LogP contribution in [-0.4, -0.2) is 31.1 Å². The fourth-order valence-electron chi connectivity index (χ4n) is 2.53. The Labute approximate surface area is 115 Å². The number of nitrogens with zero attached hydrogens (tertiary/aromatic N) is 2. The second-order valence-electron chi connectivity index (χ2n) is 5.36. The van der Waals surface area contributed by atoms with E-state index >= 15 is 0 Å². The van der Waals surface area contributed by atoms with Crippen LogP contribution in [-0.2, 0) is 0 Å². The first kappa shape index (κ1) is 13.9. The highest BCUT2D eigenvalue weighted by Crippen LogP contribution is 2.19. The molecule has 0 aromatic heterocycles. The summed E-state index contributed by atoms with van der Waals surface area (Å²) in [6.07, 6.45) is 2.00. The second kappa shape index (κ2) is 6.58. The SMILES string of the molecule is Cc1ccc(OCCN2CCC(C#N)CC2)c(C)c1. The minimum Gasteiger partial charge on any atom is -0.492 e. The molecule has 3 heteroatoms. The maximum atomic E-state index is 8.86. The molecule has 1 heterocycles. The highest BCUT2D eigenvalue weighted by molar-refractivity contribution is 5.35. The predicted molar refractivity (Wildman–Crippen MR) is 76.2 cm³/mol. The number of piperidine rings is 1. The molecule has 1 fully saturated rings. The van der Waals surface area contributed by atoms with Crippen molar-refractivity contribution in [1.82, 2.24) is 4.90 Å². The summed E-state index contributed by atoms with van der Waals surface area (Å²) in [6, 6.07) is 8.64. The average Bonchev–Trinajstić information content (AvgIpc) is 2.42. The number of nitriles is 1. The summed E-state index contributed by atoms with van der Waals surface area (Å²) in [6.45, 7) is 7.90. The molecule has 0 spiro atoms. The Balaban J connectivity index is 1.74. The molecule has 0 amide bonds. The van der Waals surface area contributed by atoms with Crippen molar-refractivity contribution in [3.63, 3.8) is 0 Å². The standard InChI is InChI=1S/C16H22N2O/c1-13-3-4-16(14(2)11-13)19-10-9-18-7-5-15(12-17)6-8-18/h3-4,11,15H,5-10H2,1-2H3. The van der Waals surface area contributed by atoms with Gasteiger partial charge in [-0.3, -0.25) is 4.90 Å². The number of hydrogen-bond donors (Lipinski definition) is 0. The summed E-state index contributed by atoms with van der Waals surface area (Å²) < 4.78 is 5.84. The van der Waals surface area contributed by atoms with E-state index in [1.165, 1.54) is 11.1 Å². The summed E-state index contributed by atoms with van der Waals surface area (Å²) in [5.74, 6) is 1.24. The van der Waals surface area contributed by atoms with Gasteiger partial charge in [0.2, 0.25) is 0 Å². The van der Waals surface area contributed by atoms with Crippen LogP contribution in [0, 0.1) is 31.1 Å². The predicted octanol–water partition coefficient (Wildman–Crippen LogP) is 2.92. The fraction of sp³-hybridized carbons (Fsp3) is 0.562. The zero-order chi connectivity index (χ0) is 13.7. The molecule has 2 rings (SSSR count). The van der Waals surface area contributed by atoms with Gasteiger partial charge in [0, 0.05) is 12.5 Å². The molecule has 1 aromatic carbocycles. The Bertz CT molecular complexity index is 456. The van der Waals surface area contributed by atoms with E-state index in [2.05, 4.69) is 36.9 Å². The van der Waals surface area contributed by atoms with Crippen molar-refractivity contribution >= 4 is 0 Å². The van der Waals surface area contributed by atoms with Crippen molar-refractivity contribution in [2.45, 2.75) is 26.7 Å². The molecule has 0 N–H and O–H groups in total. The van der Waals surface area contributed by atoms with E-state index in [1.807, 2.05) is 6.07 Å². The smallest absolute Gasteiger partial charge is 0.122 e.